The Morgan fingerprint density at radius 1 is 1.11 bits per heavy atom. The summed E-state index contributed by atoms with van der Waals surface area (Å²) in [7, 11) is 0. The number of oxazole rings is 1. The van der Waals surface area contributed by atoms with E-state index >= 15 is 0 Å². The molecule has 0 N–H and O–H groups in total. The summed E-state index contributed by atoms with van der Waals surface area (Å²) in [5.74, 6) is -0.511. The van der Waals surface area contributed by atoms with Gasteiger partial charge >= 0.3 is 5.76 Å². The summed E-state index contributed by atoms with van der Waals surface area (Å²) in [4.78, 5) is 43.1. The van der Waals surface area contributed by atoms with Gasteiger partial charge in [0.05, 0.1) is 12.1 Å². The molecule has 152 valence electrons. The Labute approximate surface area is 164 Å². The fourth-order valence-corrected chi connectivity index (χ4v) is 3.72. The van der Waals surface area contributed by atoms with Crippen molar-refractivity contribution in [2.24, 2.45) is 0 Å². The van der Waals surface area contributed by atoms with E-state index in [0.29, 0.717) is 56.9 Å². The maximum atomic E-state index is 13.0. The molecule has 0 spiro atoms. The van der Waals surface area contributed by atoms with Crippen LogP contribution in [-0.4, -0.2) is 76.9 Å². The van der Waals surface area contributed by atoms with E-state index in [9.17, 15) is 14.4 Å². The van der Waals surface area contributed by atoms with Crippen LogP contribution in [0.5, 0.6) is 0 Å². The van der Waals surface area contributed by atoms with Gasteiger partial charge in [-0.3, -0.25) is 19.1 Å². The quantitative estimate of drug-likeness (QED) is 0.742. The molecule has 0 saturated carbocycles. The van der Waals surface area contributed by atoms with E-state index in [1.807, 2.05) is 24.8 Å². The van der Waals surface area contributed by atoms with Gasteiger partial charge in [0.2, 0.25) is 11.8 Å². The molecule has 2 amide bonds. The molecular weight excluding hydrogens is 360 g/mol. The Morgan fingerprint density at radius 3 is 2.39 bits per heavy atom. The van der Waals surface area contributed by atoms with E-state index in [2.05, 4.69) is 4.90 Å². The van der Waals surface area contributed by atoms with Gasteiger partial charge in [-0.15, -0.1) is 0 Å². The fourth-order valence-electron chi connectivity index (χ4n) is 3.72. The lowest BCUT2D eigenvalue weighted by atomic mass is 10.2. The zero-order valence-corrected chi connectivity index (χ0v) is 16.8. The van der Waals surface area contributed by atoms with Crippen LogP contribution >= 0.6 is 0 Å². The number of hydrogen-bond acceptors (Lipinski definition) is 5. The number of piperazine rings is 1. The van der Waals surface area contributed by atoms with Crippen LogP contribution in [0.1, 0.15) is 26.8 Å². The van der Waals surface area contributed by atoms with E-state index in [4.69, 9.17) is 4.42 Å². The van der Waals surface area contributed by atoms with Crippen molar-refractivity contribution in [1.82, 2.24) is 19.3 Å². The summed E-state index contributed by atoms with van der Waals surface area (Å²) < 4.78 is 6.66. The molecule has 8 heteroatoms. The van der Waals surface area contributed by atoms with Crippen molar-refractivity contribution in [2.45, 2.75) is 26.8 Å². The first-order valence-corrected chi connectivity index (χ1v) is 9.85. The summed E-state index contributed by atoms with van der Waals surface area (Å²) in [6.07, 6.45) is 0. The maximum Gasteiger partial charge on any atom is 0.420 e. The Bertz CT molecular complexity index is 891. The second kappa shape index (κ2) is 8.60. The van der Waals surface area contributed by atoms with Gasteiger partial charge < -0.3 is 14.2 Å². The molecule has 1 saturated heterocycles. The number of benzene rings is 1. The Morgan fingerprint density at radius 2 is 1.75 bits per heavy atom. The van der Waals surface area contributed by atoms with E-state index < -0.39 is 11.8 Å². The first kappa shape index (κ1) is 20.1. The van der Waals surface area contributed by atoms with Gasteiger partial charge in [-0.2, -0.15) is 0 Å². The molecule has 1 aromatic carbocycles. The molecule has 2 heterocycles. The van der Waals surface area contributed by atoms with Gasteiger partial charge in [0, 0.05) is 39.3 Å². The van der Waals surface area contributed by atoms with Crippen molar-refractivity contribution in [3.05, 3.63) is 34.8 Å². The molecule has 28 heavy (non-hydrogen) atoms. The summed E-state index contributed by atoms with van der Waals surface area (Å²) >= 11 is 0. The molecule has 1 aliphatic heterocycles. The number of aromatic nitrogens is 1. The molecule has 0 bridgehead atoms. The van der Waals surface area contributed by atoms with E-state index in [1.54, 1.807) is 30.0 Å². The van der Waals surface area contributed by atoms with Crippen molar-refractivity contribution in [1.29, 1.82) is 0 Å². The highest BCUT2D eigenvalue weighted by atomic mass is 16.4. The number of likely N-dealkylation sites (N-methyl/N-ethyl adjacent to an activating group) is 1. The molecule has 1 unspecified atom stereocenters. The number of para-hydroxylation sites is 2. The predicted octanol–water partition coefficient (Wildman–Crippen LogP) is 1.17. The minimum Gasteiger partial charge on any atom is -0.408 e. The highest BCUT2D eigenvalue weighted by Crippen LogP contribution is 2.19. The van der Waals surface area contributed by atoms with Crippen LogP contribution in [0.3, 0.4) is 0 Å². The van der Waals surface area contributed by atoms with Gasteiger partial charge in [-0.1, -0.05) is 12.1 Å². The average Bonchev–Trinajstić information content (AvgIpc) is 3.04. The molecule has 2 aromatic rings. The topological polar surface area (TPSA) is 79.0 Å². The van der Waals surface area contributed by atoms with Crippen LogP contribution in [0.15, 0.2) is 33.5 Å². The molecule has 3 rings (SSSR count). The number of rotatable bonds is 6. The third-order valence-electron chi connectivity index (χ3n) is 5.42. The van der Waals surface area contributed by atoms with Crippen LogP contribution < -0.4 is 5.76 Å². The van der Waals surface area contributed by atoms with Gasteiger partial charge in [0.25, 0.3) is 0 Å². The fraction of sp³-hybridized carbons (Fsp3) is 0.550. The first-order chi connectivity index (χ1) is 13.5. The predicted molar refractivity (Wildman–Crippen MR) is 106 cm³/mol. The van der Waals surface area contributed by atoms with E-state index in [1.165, 1.54) is 4.57 Å². The minimum absolute atomic E-state index is 0.108. The second-order valence-corrected chi connectivity index (χ2v) is 7.05. The third-order valence-corrected chi connectivity index (χ3v) is 5.42. The summed E-state index contributed by atoms with van der Waals surface area (Å²) in [5, 5.41) is 0. The Balaban J connectivity index is 1.63. The molecule has 1 aromatic heterocycles. The van der Waals surface area contributed by atoms with Crippen LogP contribution in [-0.2, 0) is 9.59 Å². The van der Waals surface area contributed by atoms with Gasteiger partial charge in [0.1, 0.15) is 6.04 Å². The highest BCUT2D eigenvalue weighted by molar-refractivity contribution is 5.83. The molecule has 8 nitrogen and oxygen atoms in total. The summed E-state index contributed by atoms with van der Waals surface area (Å²) in [6.45, 7) is 9.84. The van der Waals surface area contributed by atoms with Crippen LogP contribution in [0, 0.1) is 0 Å². The van der Waals surface area contributed by atoms with Crippen molar-refractivity contribution in [3.63, 3.8) is 0 Å². The third kappa shape index (κ3) is 3.96. The van der Waals surface area contributed by atoms with Crippen molar-refractivity contribution in [2.75, 3.05) is 45.8 Å². The molecule has 1 atom stereocenters. The molecule has 1 aliphatic rings. The van der Waals surface area contributed by atoms with E-state index in [0.717, 1.165) is 0 Å². The van der Waals surface area contributed by atoms with Crippen molar-refractivity contribution >= 4 is 22.9 Å². The number of carbonyl (C=O) groups is 2. The zero-order chi connectivity index (χ0) is 20.3. The van der Waals surface area contributed by atoms with Crippen molar-refractivity contribution < 1.29 is 14.0 Å². The van der Waals surface area contributed by atoms with E-state index in [-0.39, 0.29) is 11.8 Å². The number of fused-ring (bicyclic) bond motifs is 1. The van der Waals surface area contributed by atoms with Gasteiger partial charge in [-0.05, 0) is 32.9 Å². The lowest BCUT2D eigenvalue weighted by molar-refractivity contribution is -0.137. The zero-order valence-electron chi connectivity index (χ0n) is 16.8. The van der Waals surface area contributed by atoms with Crippen molar-refractivity contribution in [3.8, 4) is 0 Å². The van der Waals surface area contributed by atoms with Crippen LogP contribution in [0.25, 0.3) is 11.1 Å². The average molecular weight is 388 g/mol. The smallest absolute Gasteiger partial charge is 0.408 e. The molecule has 0 aliphatic carbocycles. The van der Waals surface area contributed by atoms with Gasteiger partial charge in [-0.25, -0.2) is 4.79 Å². The first-order valence-electron chi connectivity index (χ1n) is 9.85. The number of carbonyl (C=O) groups excluding carboxylic acids is 2. The Hall–Kier alpha value is -2.61. The largest absolute Gasteiger partial charge is 0.420 e. The standard InChI is InChI=1S/C20H28N4O4/c1-4-22(5-2)18(25)14-21-10-12-23(13-11-21)19(26)15(3)24-16-8-6-7-9-17(16)28-20(24)27/h6-9,15H,4-5,10-14H2,1-3H3. The lowest BCUT2D eigenvalue weighted by Gasteiger charge is -2.36. The summed E-state index contributed by atoms with van der Waals surface area (Å²) in [6, 6.07) is 6.47. The Kier molecular flexibility index (Phi) is 6.18. The van der Waals surface area contributed by atoms with Crippen LogP contribution in [0.4, 0.5) is 0 Å². The lowest BCUT2D eigenvalue weighted by Crippen LogP contribution is -2.52. The molecular formula is C20H28N4O4. The highest BCUT2D eigenvalue weighted by Gasteiger charge is 2.29. The minimum atomic E-state index is -0.639. The number of hydrogen-bond donors (Lipinski definition) is 0. The normalized spacial score (nSPS) is 16.3. The maximum absolute atomic E-state index is 13.0. The molecule has 0 radical (unpaired) electrons. The number of nitrogens with zero attached hydrogens (tertiary/aromatic N) is 4. The van der Waals surface area contributed by atoms with Gasteiger partial charge in [0.15, 0.2) is 5.58 Å². The SMILES string of the molecule is CCN(CC)C(=O)CN1CCN(C(=O)C(C)n2c(=O)oc3ccccc32)CC1. The van der Waals surface area contributed by atoms with Crippen LogP contribution in [0.2, 0.25) is 0 Å². The molecule has 1 fully saturated rings. The number of amides is 2. The summed E-state index contributed by atoms with van der Waals surface area (Å²) in [5.41, 5.74) is 1.10. The second-order valence-electron chi connectivity index (χ2n) is 7.05. The monoisotopic (exact) mass is 388 g/mol.